The monoisotopic (exact) mass is 513 g/mol. The third-order valence-corrected chi connectivity index (χ3v) is 5.52. The Kier molecular flexibility index (Phi) is 7.07. The van der Waals surface area contributed by atoms with Gasteiger partial charge in [-0.2, -0.15) is 13.2 Å². The van der Waals surface area contributed by atoms with Gasteiger partial charge in [-0.05, 0) is 36.4 Å². The van der Waals surface area contributed by atoms with Crippen molar-refractivity contribution in [3.05, 3.63) is 68.2 Å². The number of amides is 1. The normalized spacial score (nSPS) is 14.7. The van der Waals surface area contributed by atoms with Crippen LogP contribution in [0, 0.1) is 10.1 Å². The quantitative estimate of drug-likeness (QED) is 0.327. The van der Waals surface area contributed by atoms with E-state index in [1.807, 2.05) is 12.1 Å². The molecule has 1 aliphatic rings. The summed E-state index contributed by atoms with van der Waals surface area (Å²) in [5.41, 5.74) is -0.866. The van der Waals surface area contributed by atoms with Gasteiger partial charge in [0.15, 0.2) is 0 Å². The lowest BCUT2D eigenvalue weighted by Gasteiger charge is -2.35. The smallest absolute Gasteiger partial charge is 0.416 e. The van der Waals surface area contributed by atoms with Gasteiger partial charge in [-0.1, -0.05) is 15.9 Å². The molecule has 0 atom stereocenters. The Balaban J connectivity index is 1.69. The molecule has 11 heteroatoms. The van der Waals surface area contributed by atoms with Crippen LogP contribution in [-0.4, -0.2) is 49.0 Å². The molecule has 0 radical (unpaired) electrons. The van der Waals surface area contributed by atoms with Crippen LogP contribution in [0.1, 0.15) is 11.1 Å². The lowest BCUT2D eigenvalue weighted by atomic mass is 10.1. The summed E-state index contributed by atoms with van der Waals surface area (Å²) in [5.74, 6) is 0.366. The first-order valence-corrected chi connectivity index (χ1v) is 10.3. The number of piperazine rings is 1. The third-order valence-electron chi connectivity index (χ3n) is 5.03. The molecule has 32 heavy (non-hydrogen) atoms. The Morgan fingerprint density at radius 3 is 2.44 bits per heavy atom. The van der Waals surface area contributed by atoms with Crippen molar-refractivity contribution in [3.8, 4) is 5.75 Å². The van der Waals surface area contributed by atoms with E-state index < -0.39 is 22.4 Å². The van der Waals surface area contributed by atoms with Gasteiger partial charge in [0.2, 0.25) is 5.91 Å². The first kappa shape index (κ1) is 23.6. The number of alkyl halides is 3. The Morgan fingerprint density at radius 1 is 1.16 bits per heavy atom. The van der Waals surface area contributed by atoms with Gasteiger partial charge >= 0.3 is 6.18 Å². The van der Waals surface area contributed by atoms with Crippen molar-refractivity contribution in [2.45, 2.75) is 6.18 Å². The summed E-state index contributed by atoms with van der Waals surface area (Å²) in [5, 5.41) is 11.3. The Bertz CT molecular complexity index is 1050. The van der Waals surface area contributed by atoms with Crippen LogP contribution in [0.25, 0.3) is 6.08 Å². The Morgan fingerprint density at radius 2 is 1.84 bits per heavy atom. The molecule has 0 aromatic heterocycles. The second-order valence-corrected chi connectivity index (χ2v) is 7.91. The fourth-order valence-corrected chi connectivity index (χ4v) is 3.76. The summed E-state index contributed by atoms with van der Waals surface area (Å²) < 4.78 is 44.8. The van der Waals surface area contributed by atoms with Gasteiger partial charge in [-0.25, -0.2) is 0 Å². The number of anilines is 1. The molecule has 1 saturated heterocycles. The zero-order chi connectivity index (χ0) is 23.5. The fourth-order valence-electron chi connectivity index (χ4n) is 3.38. The Labute approximate surface area is 190 Å². The van der Waals surface area contributed by atoms with E-state index in [0.717, 1.165) is 16.6 Å². The van der Waals surface area contributed by atoms with Crippen molar-refractivity contribution >= 4 is 39.3 Å². The van der Waals surface area contributed by atoms with Gasteiger partial charge in [0, 0.05) is 48.4 Å². The summed E-state index contributed by atoms with van der Waals surface area (Å²) in [7, 11) is 1.53. The number of hydrogen-bond donors (Lipinski definition) is 0. The zero-order valence-electron chi connectivity index (χ0n) is 16.9. The van der Waals surface area contributed by atoms with Crippen molar-refractivity contribution in [1.29, 1.82) is 0 Å². The minimum atomic E-state index is -4.67. The van der Waals surface area contributed by atoms with Gasteiger partial charge in [0.25, 0.3) is 5.69 Å². The van der Waals surface area contributed by atoms with Crippen molar-refractivity contribution in [2.24, 2.45) is 0 Å². The maximum atomic E-state index is 12.9. The summed E-state index contributed by atoms with van der Waals surface area (Å²) in [6.07, 6.45) is -1.61. The molecule has 0 aliphatic carbocycles. The number of rotatable bonds is 5. The highest BCUT2D eigenvalue weighted by molar-refractivity contribution is 9.10. The molecule has 1 heterocycles. The van der Waals surface area contributed by atoms with Gasteiger partial charge < -0.3 is 14.5 Å². The highest BCUT2D eigenvalue weighted by Crippen LogP contribution is 2.36. The van der Waals surface area contributed by atoms with E-state index in [0.29, 0.717) is 17.4 Å². The van der Waals surface area contributed by atoms with Gasteiger partial charge in [-0.15, -0.1) is 0 Å². The number of hydrogen-bond acceptors (Lipinski definition) is 5. The molecule has 0 spiro atoms. The van der Waals surface area contributed by atoms with Crippen LogP contribution in [0.5, 0.6) is 5.75 Å². The first-order valence-electron chi connectivity index (χ1n) is 9.51. The van der Waals surface area contributed by atoms with E-state index in [-0.39, 0.29) is 37.8 Å². The van der Waals surface area contributed by atoms with E-state index >= 15 is 0 Å². The predicted octanol–water partition coefficient (Wildman–Crippen LogP) is 4.75. The molecular weight excluding hydrogens is 495 g/mol. The highest BCUT2D eigenvalue weighted by Gasteiger charge is 2.34. The van der Waals surface area contributed by atoms with Crippen molar-refractivity contribution in [3.63, 3.8) is 0 Å². The predicted molar refractivity (Wildman–Crippen MR) is 117 cm³/mol. The molecule has 2 aromatic rings. The number of ether oxygens (including phenoxy) is 1. The second-order valence-electron chi connectivity index (χ2n) is 6.99. The lowest BCUT2D eigenvalue weighted by Crippen LogP contribution is -2.48. The van der Waals surface area contributed by atoms with E-state index in [9.17, 15) is 28.1 Å². The van der Waals surface area contributed by atoms with Crippen LogP contribution in [-0.2, 0) is 11.0 Å². The molecule has 0 bridgehead atoms. The molecule has 2 aromatic carbocycles. The number of halogens is 4. The average Bonchev–Trinajstić information content (AvgIpc) is 2.76. The van der Waals surface area contributed by atoms with Crippen molar-refractivity contribution in [1.82, 2.24) is 4.90 Å². The van der Waals surface area contributed by atoms with Gasteiger partial charge in [0.1, 0.15) is 11.4 Å². The van der Waals surface area contributed by atoms with E-state index in [1.165, 1.54) is 13.2 Å². The molecule has 0 unspecified atom stereocenters. The van der Waals surface area contributed by atoms with Crippen LogP contribution >= 0.6 is 15.9 Å². The fraction of sp³-hybridized carbons (Fsp3) is 0.286. The summed E-state index contributed by atoms with van der Waals surface area (Å²) in [6.45, 7) is 1.06. The number of carbonyl (C=O) groups is 1. The van der Waals surface area contributed by atoms with Gasteiger partial charge in [-0.3, -0.25) is 14.9 Å². The number of nitrogens with zero attached hydrogens (tertiary/aromatic N) is 3. The molecule has 1 fully saturated rings. The SMILES string of the molecule is COc1ccc(Br)cc1C=CC(=O)N1CCN(c2ccc(C(F)(F)F)cc2[N+](=O)[O-])CC1. The second kappa shape index (κ2) is 9.60. The number of carbonyl (C=O) groups excluding carboxylic acids is 1. The molecular formula is C21H19BrF3N3O4. The largest absolute Gasteiger partial charge is 0.496 e. The molecule has 1 amide bonds. The zero-order valence-corrected chi connectivity index (χ0v) is 18.5. The molecule has 170 valence electrons. The van der Waals surface area contributed by atoms with Crippen LogP contribution in [0.3, 0.4) is 0 Å². The van der Waals surface area contributed by atoms with E-state index in [1.54, 1.807) is 21.9 Å². The summed E-state index contributed by atoms with van der Waals surface area (Å²) in [4.78, 5) is 26.3. The van der Waals surface area contributed by atoms with Crippen molar-refractivity contribution in [2.75, 3.05) is 38.2 Å². The summed E-state index contributed by atoms with van der Waals surface area (Å²) >= 11 is 3.37. The van der Waals surface area contributed by atoms with Crippen molar-refractivity contribution < 1.29 is 27.6 Å². The average molecular weight is 514 g/mol. The van der Waals surface area contributed by atoms with Crippen LogP contribution in [0.4, 0.5) is 24.5 Å². The number of methoxy groups -OCH3 is 1. The first-order chi connectivity index (χ1) is 15.1. The minimum Gasteiger partial charge on any atom is -0.496 e. The standard InChI is InChI=1S/C21H19BrF3N3O4/c1-32-19-6-4-16(22)12-14(19)2-7-20(29)27-10-8-26(9-11-27)17-5-3-15(21(23,24)25)13-18(17)28(30)31/h2-7,12-13H,8-11H2,1H3. The van der Waals surface area contributed by atoms with Crippen LogP contribution in [0.15, 0.2) is 46.9 Å². The molecule has 0 N–H and O–H groups in total. The van der Waals surface area contributed by atoms with Crippen LogP contribution in [0.2, 0.25) is 0 Å². The maximum Gasteiger partial charge on any atom is 0.416 e. The molecule has 1 aliphatic heterocycles. The topological polar surface area (TPSA) is 75.9 Å². The minimum absolute atomic E-state index is 0.101. The van der Waals surface area contributed by atoms with E-state index in [4.69, 9.17) is 4.74 Å². The lowest BCUT2D eigenvalue weighted by molar-refractivity contribution is -0.384. The van der Waals surface area contributed by atoms with E-state index in [2.05, 4.69) is 15.9 Å². The molecule has 3 rings (SSSR count). The molecule has 0 saturated carbocycles. The maximum absolute atomic E-state index is 12.9. The number of nitro groups is 1. The van der Waals surface area contributed by atoms with Crippen LogP contribution < -0.4 is 9.64 Å². The van der Waals surface area contributed by atoms with Gasteiger partial charge in [0.05, 0.1) is 17.6 Å². The molecule has 7 nitrogen and oxygen atoms in total. The number of benzene rings is 2. The third kappa shape index (κ3) is 5.39. The highest BCUT2D eigenvalue weighted by atomic mass is 79.9. The summed E-state index contributed by atoms with van der Waals surface area (Å²) in [6, 6.07) is 7.87. The number of nitro benzene ring substituents is 1. The Hall–Kier alpha value is -3.08.